The average molecular weight is 343 g/mol. The van der Waals surface area contributed by atoms with Crippen molar-refractivity contribution >= 4 is 11.8 Å². The fraction of sp³-hybridized carbons (Fsp3) is 0.632. The fourth-order valence-corrected chi connectivity index (χ4v) is 4.55. The van der Waals surface area contributed by atoms with Crippen LogP contribution in [0, 0.1) is 17.3 Å². The Hall–Kier alpha value is -1.95. The minimum Gasteiger partial charge on any atom is -0.381 e. The van der Waals surface area contributed by atoms with E-state index in [1.165, 1.54) is 0 Å². The predicted octanol–water partition coefficient (Wildman–Crippen LogP) is 1.32. The molecule has 3 aliphatic rings. The molecule has 3 atom stereocenters. The normalized spacial score (nSPS) is 32.1. The van der Waals surface area contributed by atoms with Crippen LogP contribution in [-0.4, -0.2) is 59.4 Å². The van der Waals surface area contributed by atoms with E-state index in [4.69, 9.17) is 4.74 Å². The maximum absolute atomic E-state index is 13.2. The van der Waals surface area contributed by atoms with Gasteiger partial charge in [0.15, 0.2) is 0 Å². The van der Waals surface area contributed by atoms with E-state index in [9.17, 15) is 9.59 Å². The number of carbonyl (C=O) groups excluding carboxylic acids is 2. The maximum atomic E-state index is 13.2. The van der Waals surface area contributed by atoms with E-state index in [-0.39, 0.29) is 23.7 Å². The second-order valence-electron chi connectivity index (χ2n) is 7.67. The zero-order valence-corrected chi connectivity index (χ0v) is 14.7. The lowest BCUT2D eigenvalue weighted by atomic mass is 9.78. The van der Waals surface area contributed by atoms with Gasteiger partial charge in [-0.1, -0.05) is 13.0 Å². The van der Waals surface area contributed by atoms with Crippen molar-refractivity contribution in [2.75, 3.05) is 32.8 Å². The lowest BCUT2D eigenvalue weighted by molar-refractivity contribution is -0.138. The van der Waals surface area contributed by atoms with Gasteiger partial charge in [-0.3, -0.25) is 14.6 Å². The molecule has 134 valence electrons. The van der Waals surface area contributed by atoms with Crippen LogP contribution in [-0.2, 0) is 20.9 Å². The molecule has 1 unspecified atom stereocenters. The van der Waals surface area contributed by atoms with Gasteiger partial charge in [-0.2, -0.15) is 0 Å². The number of amides is 2. The van der Waals surface area contributed by atoms with Crippen LogP contribution in [0.25, 0.3) is 0 Å². The molecule has 4 heterocycles. The number of ether oxygens (including phenoxy) is 1. The Kier molecular flexibility index (Phi) is 4.23. The quantitative estimate of drug-likeness (QED) is 0.830. The van der Waals surface area contributed by atoms with Crippen LogP contribution in [0.15, 0.2) is 24.5 Å². The van der Waals surface area contributed by atoms with Gasteiger partial charge in [0.25, 0.3) is 0 Å². The Balaban J connectivity index is 1.46. The summed E-state index contributed by atoms with van der Waals surface area (Å²) < 4.78 is 5.36. The largest absolute Gasteiger partial charge is 0.381 e. The molecule has 3 fully saturated rings. The Morgan fingerprint density at radius 3 is 3.08 bits per heavy atom. The van der Waals surface area contributed by atoms with Crippen molar-refractivity contribution in [2.45, 2.75) is 26.3 Å². The first-order valence-electron chi connectivity index (χ1n) is 9.15. The molecule has 0 saturated carbocycles. The molecule has 3 aliphatic heterocycles. The predicted molar refractivity (Wildman–Crippen MR) is 91.4 cm³/mol. The average Bonchev–Trinajstić information content (AvgIpc) is 3.33. The number of pyridine rings is 1. The van der Waals surface area contributed by atoms with E-state index in [1.54, 1.807) is 6.20 Å². The van der Waals surface area contributed by atoms with E-state index in [1.807, 2.05) is 28.1 Å². The molecule has 0 bridgehead atoms. The van der Waals surface area contributed by atoms with Crippen molar-refractivity contribution in [2.24, 2.45) is 17.3 Å². The molecule has 0 radical (unpaired) electrons. The molecule has 6 heteroatoms. The molecule has 0 N–H and O–H groups in total. The van der Waals surface area contributed by atoms with Crippen molar-refractivity contribution in [3.8, 4) is 0 Å². The van der Waals surface area contributed by atoms with Gasteiger partial charge in [0.05, 0.1) is 17.9 Å². The van der Waals surface area contributed by atoms with Crippen molar-refractivity contribution in [1.29, 1.82) is 0 Å². The second kappa shape index (κ2) is 6.41. The molecular formula is C19H25N3O3. The Labute approximate surface area is 148 Å². The number of hydrogen-bond donors (Lipinski definition) is 0. The lowest BCUT2D eigenvalue weighted by Crippen LogP contribution is -2.41. The fourth-order valence-electron chi connectivity index (χ4n) is 4.55. The SMILES string of the molecule is C[C@@H]1CN(C(=O)C2CCOC2)C[C@]12CCN(Cc1cccnc1)C2=O. The van der Waals surface area contributed by atoms with Gasteiger partial charge < -0.3 is 14.5 Å². The molecule has 1 aromatic heterocycles. The molecule has 3 saturated heterocycles. The molecular weight excluding hydrogens is 318 g/mol. The summed E-state index contributed by atoms with van der Waals surface area (Å²) in [6.07, 6.45) is 5.19. The standard InChI is InChI=1S/C19H25N3O3/c1-14-10-22(17(23)16-4-8-25-12-16)13-19(14)5-7-21(18(19)24)11-15-3-2-6-20-9-15/h2-3,6,9,14,16H,4-5,7-8,10-13H2,1H3/t14-,16?,19-/m1/s1. The first-order chi connectivity index (χ1) is 12.1. The van der Waals surface area contributed by atoms with E-state index in [0.717, 1.165) is 24.9 Å². The highest BCUT2D eigenvalue weighted by Crippen LogP contribution is 2.45. The summed E-state index contributed by atoms with van der Waals surface area (Å²) in [5.74, 6) is 0.539. The molecule has 1 spiro atoms. The van der Waals surface area contributed by atoms with Crippen LogP contribution >= 0.6 is 0 Å². The first kappa shape index (κ1) is 16.5. The summed E-state index contributed by atoms with van der Waals surface area (Å²) in [5.41, 5.74) is 0.645. The minimum absolute atomic E-state index is 0.0228. The van der Waals surface area contributed by atoms with Crippen LogP contribution in [0.5, 0.6) is 0 Å². The highest BCUT2D eigenvalue weighted by atomic mass is 16.5. The van der Waals surface area contributed by atoms with Crippen molar-refractivity contribution < 1.29 is 14.3 Å². The highest BCUT2D eigenvalue weighted by molar-refractivity contribution is 5.88. The van der Waals surface area contributed by atoms with E-state index < -0.39 is 5.41 Å². The van der Waals surface area contributed by atoms with Crippen molar-refractivity contribution in [3.05, 3.63) is 30.1 Å². The zero-order valence-electron chi connectivity index (χ0n) is 14.7. The van der Waals surface area contributed by atoms with Crippen molar-refractivity contribution in [1.82, 2.24) is 14.8 Å². The minimum atomic E-state index is -0.405. The zero-order chi connectivity index (χ0) is 17.4. The summed E-state index contributed by atoms with van der Waals surface area (Å²) in [4.78, 5) is 33.9. The Morgan fingerprint density at radius 1 is 1.48 bits per heavy atom. The lowest BCUT2D eigenvalue weighted by Gasteiger charge is -2.27. The van der Waals surface area contributed by atoms with Gasteiger partial charge in [-0.25, -0.2) is 0 Å². The summed E-state index contributed by atoms with van der Waals surface area (Å²) in [7, 11) is 0. The number of carbonyl (C=O) groups is 2. The van der Waals surface area contributed by atoms with Gasteiger partial charge in [0, 0.05) is 45.2 Å². The van der Waals surface area contributed by atoms with Crippen LogP contribution in [0.1, 0.15) is 25.3 Å². The van der Waals surface area contributed by atoms with Gasteiger partial charge in [-0.05, 0) is 30.4 Å². The van der Waals surface area contributed by atoms with Crippen molar-refractivity contribution in [3.63, 3.8) is 0 Å². The topological polar surface area (TPSA) is 62.7 Å². The summed E-state index contributed by atoms with van der Waals surface area (Å²) in [5, 5.41) is 0. The number of nitrogens with zero attached hydrogens (tertiary/aromatic N) is 3. The second-order valence-corrected chi connectivity index (χ2v) is 7.67. The van der Waals surface area contributed by atoms with Crippen LogP contribution in [0.3, 0.4) is 0 Å². The third-order valence-corrected chi connectivity index (χ3v) is 6.14. The number of hydrogen-bond acceptors (Lipinski definition) is 4. The number of likely N-dealkylation sites (tertiary alicyclic amines) is 2. The third kappa shape index (κ3) is 2.82. The van der Waals surface area contributed by atoms with Gasteiger partial charge in [-0.15, -0.1) is 0 Å². The molecule has 4 rings (SSSR count). The van der Waals surface area contributed by atoms with Gasteiger partial charge in [0.2, 0.25) is 11.8 Å². The first-order valence-corrected chi connectivity index (χ1v) is 9.15. The number of aromatic nitrogens is 1. The van der Waals surface area contributed by atoms with Gasteiger partial charge in [0.1, 0.15) is 0 Å². The van der Waals surface area contributed by atoms with Crippen LogP contribution in [0.2, 0.25) is 0 Å². The summed E-state index contributed by atoms with van der Waals surface area (Å²) >= 11 is 0. The van der Waals surface area contributed by atoms with E-state index >= 15 is 0 Å². The summed E-state index contributed by atoms with van der Waals surface area (Å²) in [6.45, 7) is 5.91. The van der Waals surface area contributed by atoms with Crippen LogP contribution in [0.4, 0.5) is 0 Å². The Bertz CT molecular complexity index is 659. The smallest absolute Gasteiger partial charge is 0.231 e. The van der Waals surface area contributed by atoms with E-state index in [2.05, 4.69) is 11.9 Å². The Morgan fingerprint density at radius 2 is 2.36 bits per heavy atom. The molecule has 25 heavy (non-hydrogen) atoms. The van der Waals surface area contributed by atoms with E-state index in [0.29, 0.717) is 32.8 Å². The number of rotatable bonds is 3. The molecule has 1 aromatic rings. The van der Waals surface area contributed by atoms with Crippen LogP contribution < -0.4 is 0 Å². The molecule has 0 aliphatic carbocycles. The molecule has 6 nitrogen and oxygen atoms in total. The molecule has 2 amide bonds. The highest BCUT2D eigenvalue weighted by Gasteiger charge is 2.56. The third-order valence-electron chi connectivity index (χ3n) is 6.14. The monoisotopic (exact) mass is 343 g/mol. The maximum Gasteiger partial charge on any atom is 0.231 e. The molecule has 0 aromatic carbocycles. The summed E-state index contributed by atoms with van der Waals surface area (Å²) in [6, 6.07) is 3.90. The van der Waals surface area contributed by atoms with Gasteiger partial charge >= 0.3 is 0 Å².